The SMILES string of the molecule is CCCCC1CCC(C(=O)N2CC(C)CC(C)C2)CC1. The highest BCUT2D eigenvalue weighted by atomic mass is 16.2. The number of carbonyl (C=O) groups excluding carboxylic acids is 1. The van der Waals surface area contributed by atoms with Crippen LogP contribution in [0.4, 0.5) is 0 Å². The van der Waals surface area contributed by atoms with Gasteiger partial charge in [0.05, 0.1) is 0 Å². The Labute approximate surface area is 125 Å². The lowest BCUT2D eigenvalue weighted by atomic mass is 9.79. The molecule has 2 aliphatic rings. The van der Waals surface area contributed by atoms with Gasteiger partial charge in [0.25, 0.3) is 0 Å². The van der Waals surface area contributed by atoms with Gasteiger partial charge in [-0.25, -0.2) is 0 Å². The van der Waals surface area contributed by atoms with Crippen molar-refractivity contribution in [3.63, 3.8) is 0 Å². The standard InChI is InChI=1S/C18H33NO/c1-4-5-6-16-7-9-17(10-8-16)18(20)19-12-14(2)11-15(3)13-19/h14-17H,4-13H2,1-3H3. The first-order chi connectivity index (χ1) is 9.60. The maximum absolute atomic E-state index is 12.7. The first-order valence-corrected chi connectivity index (χ1v) is 8.88. The van der Waals surface area contributed by atoms with Crippen molar-refractivity contribution < 1.29 is 4.79 Å². The van der Waals surface area contributed by atoms with Crippen LogP contribution in [0.15, 0.2) is 0 Å². The van der Waals surface area contributed by atoms with E-state index in [-0.39, 0.29) is 0 Å². The van der Waals surface area contributed by atoms with Gasteiger partial charge in [0, 0.05) is 19.0 Å². The summed E-state index contributed by atoms with van der Waals surface area (Å²) in [4.78, 5) is 14.9. The predicted octanol–water partition coefficient (Wildman–Crippen LogP) is 4.49. The van der Waals surface area contributed by atoms with E-state index in [9.17, 15) is 4.79 Å². The summed E-state index contributed by atoms with van der Waals surface area (Å²) < 4.78 is 0. The fourth-order valence-electron chi connectivity index (χ4n) is 4.29. The van der Waals surface area contributed by atoms with Gasteiger partial charge in [0.1, 0.15) is 0 Å². The van der Waals surface area contributed by atoms with Crippen molar-refractivity contribution >= 4 is 5.91 Å². The molecule has 116 valence electrons. The molecule has 0 aromatic carbocycles. The highest BCUT2D eigenvalue weighted by molar-refractivity contribution is 5.79. The molecule has 0 aromatic rings. The summed E-state index contributed by atoms with van der Waals surface area (Å²) in [6.45, 7) is 8.85. The van der Waals surface area contributed by atoms with Crippen LogP contribution in [0.2, 0.25) is 0 Å². The molecule has 1 aliphatic heterocycles. The Bertz CT molecular complexity index is 297. The van der Waals surface area contributed by atoms with Gasteiger partial charge in [-0.15, -0.1) is 0 Å². The largest absolute Gasteiger partial charge is 0.342 e. The van der Waals surface area contributed by atoms with E-state index in [1.165, 1.54) is 38.5 Å². The second-order valence-electron chi connectivity index (χ2n) is 7.55. The van der Waals surface area contributed by atoms with Crippen LogP contribution in [0.3, 0.4) is 0 Å². The van der Waals surface area contributed by atoms with Crippen molar-refractivity contribution in [2.45, 2.75) is 72.1 Å². The van der Waals surface area contributed by atoms with Gasteiger partial charge in [-0.1, -0.05) is 40.0 Å². The zero-order chi connectivity index (χ0) is 14.5. The van der Waals surface area contributed by atoms with E-state index < -0.39 is 0 Å². The zero-order valence-electron chi connectivity index (χ0n) is 13.7. The highest BCUT2D eigenvalue weighted by Gasteiger charge is 2.32. The Morgan fingerprint density at radius 3 is 2.20 bits per heavy atom. The van der Waals surface area contributed by atoms with E-state index >= 15 is 0 Å². The van der Waals surface area contributed by atoms with Crippen molar-refractivity contribution in [3.05, 3.63) is 0 Å². The summed E-state index contributed by atoms with van der Waals surface area (Å²) in [6, 6.07) is 0. The molecule has 20 heavy (non-hydrogen) atoms. The Balaban J connectivity index is 1.79. The normalized spacial score (nSPS) is 35.0. The van der Waals surface area contributed by atoms with Crippen LogP contribution in [0, 0.1) is 23.7 Å². The van der Waals surface area contributed by atoms with Crippen molar-refractivity contribution in [1.29, 1.82) is 0 Å². The maximum atomic E-state index is 12.7. The summed E-state index contributed by atoms with van der Waals surface area (Å²) in [5, 5.41) is 0. The third kappa shape index (κ3) is 4.23. The van der Waals surface area contributed by atoms with Crippen LogP contribution < -0.4 is 0 Å². The van der Waals surface area contributed by atoms with Gasteiger partial charge in [-0.3, -0.25) is 4.79 Å². The third-order valence-electron chi connectivity index (χ3n) is 5.34. The Kier molecular flexibility index (Phi) is 5.92. The number of nitrogens with zero attached hydrogens (tertiary/aromatic N) is 1. The molecule has 0 N–H and O–H groups in total. The molecule has 0 bridgehead atoms. The van der Waals surface area contributed by atoms with Gasteiger partial charge < -0.3 is 4.90 Å². The Morgan fingerprint density at radius 2 is 1.65 bits per heavy atom. The van der Waals surface area contributed by atoms with Gasteiger partial charge >= 0.3 is 0 Å². The molecule has 0 spiro atoms. The zero-order valence-corrected chi connectivity index (χ0v) is 13.7. The predicted molar refractivity (Wildman–Crippen MR) is 84.5 cm³/mol. The van der Waals surface area contributed by atoms with Crippen LogP contribution in [0.5, 0.6) is 0 Å². The van der Waals surface area contributed by atoms with Gasteiger partial charge in [-0.2, -0.15) is 0 Å². The molecular weight excluding hydrogens is 246 g/mol. The van der Waals surface area contributed by atoms with Crippen molar-refractivity contribution in [2.75, 3.05) is 13.1 Å². The smallest absolute Gasteiger partial charge is 0.225 e. The van der Waals surface area contributed by atoms with E-state index in [1.54, 1.807) is 0 Å². The van der Waals surface area contributed by atoms with E-state index in [2.05, 4.69) is 25.7 Å². The molecule has 2 heteroatoms. The molecule has 2 nitrogen and oxygen atoms in total. The molecule has 2 rings (SSSR count). The van der Waals surface area contributed by atoms with Crippen LogP contribution in [0.25, 0.3) is 0 Å². The van der Waals surface area contributed by atoms with E-state index in [0.717, 1.165) is 31.8 Å². The second kappa shape index (κ2) is 7.47. The maximum Gasteiger partial charge on any atom is 0.225 e. The number of hydrogen-bond acceptors (Lipinski definition) is 1. The number of piperidine rings is 1. The Morgan fingerprint density at radius 1 is 1.05 bits per heavy atom. The molecule has 2 fully saturated rings. The van der Waals surface area contributed by atoms with E-state index in [4.69, 9.17) is 0 Å². The van der Waals surface area contributed by atoms with Crippen LogP contribution in [-0.2, 0) is 4.79 Å². The van der Waals surface area contributed by atoms with Gasteiger partial charge in [-0.05, 0) is 49.9 Å². The van der Waals surface area contributed by atoms with E-state index in [1.807, 2.05) is 0 Å². The van der Waals surface area contributed by atoms with Crippen molar-refractivity contribution in [1.82, 2.24) is 4.90 Å². The minimum atomic E-state index is 0.338. The van der Waals surface area contributed by atoms with Gasteiger partial charge in [0.2, 0.25) is 5.91 Å². The van der Waals surface area contributed by atoms with Crippen LogP contribution >= 0.6 is 0 Å². The second-order valence-corrected chi connectivity index (χ2v) is 7.55. The van der Waals surface area contributed by atoms with Crippen molar-refractivity contribution in [3.8, 4) is 0 Å². The topological polar surface area (TPSA) is 20.3 Å². The molecular formula is C18H33NO. The lowest BCUT2D eigenvalue weighted by molar-refractivity contribution is -0.139. The summed E-state index contributed by atoms with van der Waals surface area (Å²) >= 11 is 0. The third-order valence-corrected chi connectivity index (χ3v) is 5.34. The molecule has 1 amide bonds. The minimum absolute atomic E-state index is 0.338. The van der Waals surface area contributed by atoms with E-state index in [0.29, 0.717) is 23.7 Å². The molecule has 0 aromatic heterocycles. The fraction of sp³-hybridized carbons (Fsp3) is 0.944. The summed E-state index contributed by atoms with van der Waals surface area (Å²) in [7, 11) is 0. The number of hydrogen-bond donors (Lipinski definition) is 0. The number of unbranched alkanes of at least 4 members (excludes halogenated alkanes) is 1. The van der Waals surface area contributed by atoms with Crippen LogP contribution in [0.1, 0.15) is 72.1 Å². The number of carbonyl (C=O) groups is 1. The molecule has 1 saturated heterocycles. The quantitative estimate of drug-likeness (QED) is 0.742. The average molecular weight is 279 g/mol. The summed E-state index contributed by atoms with van der Waals surface area (Å²) in [6.07, 6.45) is 10.2. The van der Waals surface area contributed by atoms with Crippen molar-refractivity contribution in [2.24, 2.45) is 23.7 Å². The first-order valence-electron chi connectivity index (χ1n) is 8.88. The molecule has 2 unspecified atom stereocenters. The number of rotatable bonds is 4. The monoisotopic (exact) mass is 279 g/mol. The molecule has 2 atom stereocenters. The molecule has 1 saturated carbocycles. The summed E-state index contributed by atoms with van der Waals surface area (Å²) in [5.74, 6) is 3.08. The lowest BCUT2D eigenvalue weighted by Crippen LogP contribution is -2.45. The average Bonchev–Trinajstić information content (AvgIpc) is 2.44. The highest BCUT2D eigenvalue weighted by Crippen LogP contribution is 2.34. The Hall–Kier alpha value is -0.530. The van der Waals surface area contributed by atoms with Gasteiger partial charge in [0.15, 0.2) is 0 Å². The molecule has 0 radical (unpaired) electrons. The lowest BCUT2D eigenvalue weighted by Gasteiger charge is -2.38. The summed E-state index contributed by atoms with van der Waals surface area (Å²) in [5.41, 5.74) is 0. The van der Waals surface area contributed by atoms with Crippen LogP contribution in [-0.4, -0.2) is 23.9 Å². The number of amides is 1. The molecule has 1 heterocycles. The minimum Gasteiger partial charge on any atom is -0.342 e. The molecule has 1 aliphatic carbocycles. The first kappa shape index (κ1) is 15.9. The number of likely N-dealkylation sites (tertiary alicyclic amines) is 1. The fourth-order valence-corrected chi connectivity index (χ4v) is 4.29.